The van der Waals surface area contributed by atoms with E-state index in [0.717, 1.165) is 51.4 Å². The lowest BCUT2D eigenvalue weighted by atomic mass is 10.0. The van der Waals surface area contributed by atoms with Crippen LogP contribution >= 0.6 is 0 Å². The monoisotopic (exact) mass is 690 g/mol. The van der Waals surface area contributed by atoms with Crippen molar-refractivity contribution in [2.45, 2.75) is 238 Å². The Kier molecular flexibility index (Phi) is 33.3. The zero-order valence-corrected chi connectivity index (χ0v) is 31.9. The van der Waals surface area contributed by atoms with Gasteiger partial charge in [0.1, 0.15) is 6.10 Å². The molecule has 8 heteroatoms. The Bertz CT molecular complexity index is 777. The van der Waals surface area contributed by atoms with E-state index in [1.54, 1.807) is 0 Å². The molecular formula is C39H79NO6S. The van der Waals surface area contributed by atoms with E-state index in [1.807, 2.05) is 0 Å². The minimum absolute atomic E-state index is 0.302. The summed E-state index contributed by atoms with van der Waals surface area (Å²) in [6.45, 7) is 4.49. The van der Waals surface area contributed by atoms with Crippen LogP contribution in [0.4, 0.5) is 0 Å². The van der Waals surface area contributed by atoms with E-state index in [4.69, 9.17) is 0 Å². The number of hydrogen-bond donors (Lipinski definition) is 4. The molecule has 0 aliphatic carbocycles. The van der Waals surface area contributed by atoms with Crippen LogP contribution in [0.25, 0.3) is 0 Å². The van der Waals surface area contributed by atoms with E-state index >= 15 is 0 Å². The largest absolute Gasteiger partial charge is 0.391 e. The van der Waals surface area contributed by atoms with Crippen LogP contribution in [0.2, 0.25) is 0 Å². The molecule has 0 saturated carbocycles. The molecule has 0 saturated heterocycles. The molecule has 0 aromatic heterocycles. The summed E-state index contributed by atoms with van der Waals surface area (Å²) in [5, 5.41) is 23.5. The first-order valence-electron chi connectivity index (χ1n) is 20.3. The minimum atomic E-state index is -4.40. The molecule has 0 aliphatic heterocycles. The number of hydrogen-bond acceptors (Lipinski definition) is 5. The number of aliphatic hydroxyl groups is 2. The molecule has 0 heterocycles. The summed E-state index contributed by atoms with van der Waals surface area (Å²) in [4.78, 5) is 12.5. The fourth-order valence-corrected chi connectivity index (χ4v) is 7.28. The maximum absolute atomic E-state index is 12.5. The standard InChI is InChI=1S/C39H79NO6S/c1-3-5-7-9-11-13-15-16-17-18-19-20-21-22-23-24-26-27-29-31-33-37(41)36(35-47(44,45)46)40-39(43)38(42)34-32-30-28-25-14-12-10-8-6-4-2/h36-38,41-42H,3-35H2,1-2H3,(H,40,43)(H,44,45,46). The van der Waals surface area contributed by atoms with Gasteiger partial charge in [-0.1, -0.05) is 206 Å². The zero-order chi connectivity index (χ0) is 34.9. The molecule has 1 amide bonds. The quantitative estimate of drug-likeness (QED) is 0.0380. The highest BCUT2D eigenvalue weighted by Gasteiger charge is 2.28. The SMILES string of the molecule is CCCCCCCCCCCCCCCCCCCCCCC(O)C(CS(=O)(=O)O)NC(=O)C(O)CCCCCCCCCCCC. The van der Waals surface area contributed by atoms with Gasteiger partial charge in [-0.15, -0.1) is 0 Å². The minimum Gasteiger partial charge on any atom is -0.391 e. The maximum Gasteiger partial charge on any atom is 0.266 e. The number of unbranched alkanes of at least 4 members (excludes halogenated alkanes) is 28. The Hall–Kier alpha value is -0.700. The molecule has 4 N–H and O–H groups in total. The Morgan fingerprint density at radius 1 is 0.489 bits per heavy atom. The van der Waals surface area contributed by atoms with Crippen LogP contribution in [0, 0.1) is 0 Å². The summed E-state index contributed by atoms with van der Waals surface area (Å²) in [7, 11) is -4.40. The van der Waals surface area contributed by atoms with Gasteiger partial charge >= 0.3 is 0 Å². The second-order valence-electron chi connectivity index (χ2n) is 14.4. The molecule has 3 unspecified atom stereocenters. The van der Waals surface area contributed by atoms with Crippen molar-refractivity contribution in [2.75, 3.05) is 5.75 Å². The Labute approximate surface area is 292 Å². The summed E-state index contributed by atoms with van der Waals surface area (Å²) in [5.74, 6) is -1.44. The molecule has 0 rings (SSSR count). The van der Waals surface area contributed by atoms with Crippen molar-refractivity contribution in [2.24, 2.45) is 0 Å². The number of carbonyl (C=O) groups excluding carboxylic acids is 1. The fourth-order valence-electron chi connectivity index (χ4n) is 6.52. The van der Waals surface area contributed by atoms with E-state index in [-0.39, 0.29) is 0 Å². The summed E-state index contributed by atoms with van der Waals surface area (Å²) in [5.41, 5.74) is 0. The van der Waals surface area contributed by atoms with Crippen molar-refractivity contribution in [1.29, 1.82) is 0 Å². The summed E-state index contributed by atoms with van der Waals surface area (Å²) < 4.78 is 32.5. The number of nitrogens with one attached hydrogen (secondary N) is 1. The van der Waals surface area contributed by atoms with E-state index in [0.29, 0.717) is 12.8 Å². The molecule has 0 bridgehead atoms. The van der Waals surface area contributed by atoms with Crippen LogP contribution in [-0.4, -0.2) is 53.1 Å². The van der Waals surface area contributed by atoms with Gasteiger partial charge in [0.2, 0.25) is 5.91 Å². The first-order chi connectivity index (χ1) is 22.7. The molecule has 0 radical (unpaired) electrons. The second-order valence-corrected chi connectivity index (χ2v) is 15.9. The molecule has 0 aromatic rings. The summed E-state index contributed by atoms with van der Waals surface area (Å²) >= 11 is 0. The van der Waals surface area contributed by atoms with Gasteiger partial charge in [-0.05, 0) is 12.8 Å². The van der Waals surface area contributed by atoms with Crippen molar-refractivity contribution in [3.63, 3.8) is 0 Å². The number of amides is 1. The lowest BCUT2D eigenvalue weighted by Gasteiger charge is -2.24. The molecular weight excluding hydrogens is 610 g/mol. The van der Waals surface area contributed by atoms with Gasteiger partial charge in [0.15, 0.2) is 0 Å². The van der Waals surface area contributed by atoms with Gasteiger partial charge in [0.05, 0.1) is 17.9 Å². The lowest BCUT2D eigenvalue weighted by Crippen LogP contribution is -2.50. The van der Waals surface area contributed by atoms with E-state index in [1.165, 1.54) is 141 Å². The van der Waals surface area contributed by atoms with E-state index in [9.17, 15) is 28.0 Å². The topological polar surface area (TPSA) is 124 Å². The normalized spacial score (nSPS) is 13.9. The first kappa shape index (κ1) is 46.3. The average Bonchev–Trinajstić information content (AvgIpc) is 3.03. The van der Waals surface area contributed by atoms with Crippen molar-refractivity contribution >= 4 is 16.0 Å². The van der Waals surface area contributed by atoms with Crippen molar-refractivity contribution in [3.05, 3.63) is 0 Å². The smallest absolute Gasteiger partial charge is 0.266 e. The fraction of sp³-hybridized carbons (Fsp3) is 0.974. The van der Waals surface area contributed by atoms with E-state index < -0.39 is 40.0 Å². The highest BCUT2D eigenvalue weighted by Crippen LogP contribution is 2.17. The third-order valence-electron chi connectivity index (χ3n) is 9.67. The molecule has 0 aliphatic rings. The Balaban J connectivity index is 3.90. The molecule has 0 aromatic carbocycles. The van der Waals surface area contributed by atoms with E-state index in [2.05, 4.69) is 19.2 Å². The van der Waals surface area contributed by atoms with Crippen molar-refractivity contribution < 1.29 is 28.0 Å². The summed E-state index contributed by atoms with van der Waals surface area (Å²) in [6, 6.07) is -1.14. The van der Waals surface area contributed by atoms with Crippen molar-refractivity contribution in [3.8, 4) is 0 Å². The molecule has 0 fully saturated rings. The second kappa shape index (κ2) is 33.8. The predicted molar refractivity (Wildman–Crippen MR) is 199 cm³/mol. The highest BCUT2D eigenvalue weighted by atomic mass is 32.2. The zero-order valence-electron chi connectivity index (χ0n) is 31.0. The molecule has 282 valence electrons. The number of carbonyl (C=O) groups is 1. The number of aliphatic hydroxyl groups excluding tert-OH is 2. The van der Waals surface area contributed by atoms with Crippen LogP contribution in [0.15, 0.2) is 0 Å². The van der Waals surface area contributed by atoms with Gasteiger partial charge in [0.25, 0.3) is 10.1 Å². The van der Waals surface area contributed by atoms with Gasteiger partial charge in [0, 0.05) is 0 Å². The van der Waals surface area contributed by atoms with Gasteiger partial charge < -0.3 is 15.5 Å². The van der Waals surface area contributed by atoms with Crippen LogP contribution in [0.1, 0.15) is 219 Å². The Morgan fingerprint density at radius 3 is 1.06 bits per heavy atom. The molecule has 47 heavy (non-hydrogen) atoms. The third-order valence-corrected chi connectivity index (χ3v) is 10.4. The average molecular weight is 690 g/mol. The summed E-state index contributed by atoms with van der Waals surface area (Å²) in [6.07, 6.45) is 35.6. The molecule has 3 atom stereocenters. The van der Waals surface area contributed by atoms with Crippen LogP contribution in [-0.2, 0) is 14.9 Å². The van der Waals surface area contributed by atoms with Crippen LogP contribution < -0.4 is 5.32 Å². The highest BCUT2D eigenvalue weighted by molar-refractivity contribution is 7.85. The maximum atomic E-state index is 12.5. The predicted octanol–water partition coefficient (Wildman–Crippen LogP) is 10.6. The third kappa shape index (κ3) is 33.6. The van der Waals surface area contributed by atoms with Crippen molar-refractivity contribution in [1.82, 2.24) is 5.32 Å². The lowest BCUT2D eigenvalue weighted by molar-refractivity contribution is -0.131. The number of rotatable bonds is 37. The first-order valence-corrected chi connectivity index (χ1v) is 21.9. The molecule has 7 nitrogen and oxygen atoms in total. The van der Waals surface area contributed by atoms with Crippen LogP contribution in [0.3, 0.4) is 0 Å². The van der Waals surface area contributed by atoms with Gasteiger partial charge in [-0.3, -0.25) is 9.35 Å². The molecule has 0 spiro atoms. The Morgan fingerprint density at radius 2 is 0.766 bits per heavy atom. The van der Waals surface area contributed by atoms with Gasteiger partial charge in [-0.25, -0.2) is 0 Å². The van der Waals surface area contributed by atoms with Gasteiger partial charge in [-0.2, -0.15) is 8.42 Å². The van der Waals surface area contributed by atoms with Crippen LogP contribution in [0.5, 0.6) is 0 Å².